The second kappa shape index (κ2) is 5.67. The Hall–Kier alpha value is -2.14. The summed E-state index contributed by atoms with van der Waals surface area (Å²) in [6.07, 6.45) is 1.70. The zero-order valence-electron chi connectivity index (χ0n) is 10.2. The highest BCUT2D eigenvalue weighted by Gasteiger charge is 2.10. The highest BCUT2D eigenvalue weighted by Crippen LogP contribution is 2.29. The van der Waals surface area contributed by atoms with Gasteiger partial charge in [-0.1, -0.05) is 11.6 Å². The van der Waals surface area contributed by atoms with Crippen molar-refractivity contribution in [2.45, 2.75) is 13.5 Å². The zero-order valence-corrected chi connectivity index (χ0v) is 10.9. The molecule has 6 heteroatoms. The van der Waals surface area contributed by atoms with Gasteiger partial charge < -0.3 is 4.74 Å². The maximum atomic E-state index is 10.6. The summed E-state index contributed by atoms with van der Waals surface area (Å²) in [5, 5.41) is 10.8. The van der Waals surface area contributed by atoms with E-state index < -0.39 is 4.92 Å². The summed E-state index contributed by atoms with van der Waals surface area (Å²) in [5.41, 5.74) is 1.80. The smallest absolute Gasteiger partial charge is 0.271 e. The summed E-state index contributed by atoms with van der Waals surface area (Å²) < 4.78 is 5.53. The van der Waals surface area contributed by atoms with E-state index in [0.29, 0.717) is 12.4 Å². The summed E-state index contributed by atoms with van der Waals surface area (Å²) in [4.78, 5) is 14.2. The van der Waals surface area contributed by atoms with Crippen molar-refractivity contribution in [2.24, 2.45) is 0 Å². The van der Waals surface area contributed by atoms with Gasteiger partial charge in [0.25, 0.3) is 5.69 Å². The minimum Gasteiger partial charge on any atom is -0.487 e. The third-order valence-corrected chi connectivity index (χ3v) is 2.78. The predicted molar refractivity (Wildman–Crippen MR) is 71.4 cm³/mol. The van der Waals surface area contributed by atoms with E-state index >= 15 is 0 Å². The van der Waals surface area contributed by atoms with Gasteiger partial charge in [-0.25, -0.2) is 0 Å². The lowest BCUT2D eigenvalue weighted by atomic mass is 10.2. The van der Waals surface area contributed by atoms with Gasteiger partial charge in [-0.05, 0) is 30.7 Å². The molecule has 5 nitrogen and oxygen atoms in total. The van der Waals surface area contributed by atoms with Crippen LogP contribution >= 0.6 is 11.6 Å². The molecule has 0 saturated carbocycles. The van der Waals surface area contributed by atoms with Crippen LogP contribution in [0.4, 0.5) is 5.69 Å². The summed E-state index contributed by atoms with van der Waals surface area (Å²) >= 11 is 5.93. The lowest BCUT2D eigenvalue weighted by Gasteiger charge is -2.08. The molecule has 0 bridgehead atoms. The number of aryl methyl sites for hydroxylation is 1. The Morgan fingerprint density at radius 2 is 2.16 bits per heavy atom. The van der Waals surface area contributed by atoms with Crippen LogP contribution in [-0.2, 0) is 6.61 Å². The summed E-state index contributed by atoms with van der Waals surface area (Å²) in [6, 6.07) is 7.87. The lowest BCUT2D eigenvalue weighted by molar-refractivity contribution is -0.384. The number of pyridine rings is 1. The Bertz CT molecular complexity index is 617. The Morgan fingerprint density at radius 3 is 2.79 bits per heavy atom. The van der Waals surface area contributed by atoms with E-state index in [-0.39, 0.29) is 10.7 Å². The number of aromatic nitrogens is 1. The third-order valence-electron chi connectivity index (χ3n) is 2.48. The SMILES string of the molecule is Cc1cc(COc2ccc([N+](=O)[O-])cc2Cl)ccn1. The van der Waals surface area contributed by atoms with E-state index in [2.05, 4.69) is 4.98 Å². The number of hydrogen-bond donors (Lipinski definition) is 0. The van der Waals surface area contributed by atoms with E-state index in [9.17, 15) is 10.1 Å². The molecule has 2 aromatic rings. The van der Waals surface area contributed by atoms with Gasteiger partial charge in [-0.3, -0.25) is 15.1 Å². The first kappa shape index (κ1) is 13.3. The molecule has 1 aromatic carbocycles. The quantitative estimate of drug-likeness (QED) is 0.634. The van der Waals surface area contributed by atoms with E-state index in [1.54, 1.807) is 6.20 Å². The summed E-state index contributed by atoms with van der Waals surface area (Å²) in [6.45, 7) is 2.23. The van der Waals surface area contributed by atoms with Gasteiger partial charge in [0, 0.05) is 24.0 Å². The van der Waals surface area contributed by atoms with Crippen molar-refractivity contribution < 1.29 is 9.66 Å². The molecule has 2 rings (SSSR count). The molecule has 0 amide bonds. The zero-order chi connectivity index (χ0) is 13.8. The molecule has 0 aliphatic rings. The highest BCUT2D eigenvalue weighted by atomic mass is 35.5. The molecule has 0 aliphatic carbocycles. The van der Waals surface area contributed by atoms with Crippen LogP contribution < -0.4 is 4.74 Å². The first-order valence-corrected chi connectivity index (χ1v) is 5.92. The highest BCUT2D eigenvalue weighted by molar-refractivity contribution is 6.32. The molecule has 0 fully saturated rings. The first-order chi connectivity index (χ1) is 9.06. The van der Waals surface area contributed by atoms with Gasteiger partial charge >= 0.3 is 0 Å². The maximum absolute atomic E-state index is 10.6. The third kappa shape index (κ3) is 3.42. The first-order valence-electron chi connectivity index (χ1n) is 5.54. The molecule has 1 aromatic heterocycles. The molecule has 19 heavy (non-hydrogen) atoms. The normalized spacial score (nSPS) is 10.2. The van der Waals surface area contributed by atoms with Crippen molar-refractivity contribution in [1.29, 1.82) is 0 Å². The standard InChI is InChI=1S/C13H11ClN2O3/c1-9-6-10(4-5-15-9)8-19-13-3-2-11(16(17)18)7-12(13)14/h2-7H,8H2,1H3. The van der Waals surface area contributed by atoms with Crippen molar-refractivity contribution in [2.75, 3.05) is 0 Å². The van der Waals surface area contributed by atoms with Crippen LogP contribution in [-0.4, -0.2) is 9.91 Å². The van der Waals surface area contributed by atoms with Crippen LogP contribution in [0.2, 0.25) is 5.02 Å². The molecule has 0 aliphatic heterocycles. The number of benzene rings is 1. The second-order valence-corrected chi connectivity index (χ2v) is 4.37. The van der Waals surface area contributed by atoms with Crippen LogP contribution in [0.25, 0.3) is 0 Å². The topological polar surface area (TPSA) is 65.3 Å². The number of hydrogen-bond acceptors (Lipinski definition) is 4. The van der Waals surface area contributed by atoms with Crippen LogP contribution in [0.15, 0.2) is 36.5 Å². The van der Waals surface area contributed by atoms with Crippen molar-refractivity contribution in [3.05, 3.63) is 62.9 Å². The number of ether oxygens (including phenoxy) is 1. The fraction of sp³-hybridized carbons (Fsp3) is 0.154. The molecule has 98 valence electrons. The van der Waals surface area contributed by atoms with Crippen LogP contribution in [0, 0.1) is 17.0 Å². The van der Waals surface area contributed by atoms with Crippen molar-refractivity contribution >= 4 is 17.3 Å². The van der Waals surface area contributed by atoms with Crippen LogP contribution in [0.1, 0.15) is 11.3 Å². The Morgan fingerprint density at radius 1 is 1.37 bits per heavy atom. The molecule has 1 heterocycles. The van der Waals surface area contributed by atoms with Crippen molar-refractivity contribution in [3.8, 4) is 5.75 Å². The fourth-order valence-electron chi connectivity index (χ4n) is 1.58. The maximum Gasteiger partial charge on any atom is 0.271 e. The Kier molecular flexibility index (Phi) is 3.97. The van der Waals surface area contributed by atoms with Crippen LogP contribution in [0.3, 0.4) is 0 Å². The molecule has 0 unspecified atom stereocenters. The number of rotatable bonds is 4. The predicted octanol–water partition coefficient (Wildman–Crippen LogP) is 3.53. The van der Waals surface area contributed by atoms with Crippen molar-refractivity contribution in [1.82, 2.24) is 4.98 Å². The van der Waals surface area contributed by atoms with E-state index in [1.807, 2.05) is 19.1 Å². The average Bonchev–Trinajstić information content (AvgIpc) is 2.37. The molecule has 0 radical (unpaired) electrons. The summed E-state index contributed by atoms with van der Waals surface area (Å²) in [5.74, 6) is 0.418. The molecule has 0 spiro atoms. The number of non-ortho nitro benzene ring substituents is 1. The van der Waals surface area contributed by atoms with Gasteiger partial charge in [0.2, 0.25) is 0 Å². The Labute approximate surface area is 115 Å². The fourth-order valence-corrected chi connectivity index (χ4v) is 1.80. The Balaban J connectivity index is 2.10. The van der Waals surface area contributed by atoms with Gasteiger partial charge in [0.05, 0.1) is 9.95 Å². The van der Waals surface area contributed by atoms with Gasteiger partial charge in [0.1, 0.15) is 12.4 Å². The number of nitro benzene ring substituents is 1. The van der Waals surface area contributed by atoms with Gasteiger partial charge in [-0.15, -0.1) is 0 Å². The molecule has 0 atom stereocenters. The molecule has 0 N–H and O–H groups in total. The number of nitro groups is 1. The van der Waals surface area contributed by atoms with Gasteiger partial charge in [-0.2, -0.15) is 0 Å². The average molecular weight is 279 g/mol. The molecular formula is C13H11ClN2O3. The monoisotopic (exact) mass is 278 g/mol. The molecular weight excluding hydrogens is 268 g/mol. The minimum absolute atomic E-state index is 0.0582. The largest absolute Gasteiger partial charge is 0.487 e. The number of nitrogens with zero attached hydrogens (tertiary/aromatic N) is 2. The number of halogens is 1. The molecule has 0 saturated heterocycles. The lowest BCUT2D eigenvalue weighted by Crippen LogP contribution is -1.97. The minimum atomic E-state index is -0.498. The second-order valence-electron chi connectivity index (χ2n) is 3.97. The van der Waals surface area contributed by atoms with Gasteiger partial charge in [0.15, 0.2) is 0 Å². The van der Waals surface area contributed by atoms with Crippen molar-refractivity contribution in [3.63, 3.8) is 0 Å². The van der Waals surface area contributed by atoms with Crippen LogP contribution in [0.5, 0.6) is 5.75 Å². The van der Waals surface area contributed by atoms with E-state index in [0.717, 1.165) is 11.3 Å². The van der Waals surface area contributed by atoms with E-state index in [1.165, 1.54) is 18.2 Å². The van der Waals surface area contributed by atoms with E-state index in [4.69, 9.17) is 16.3 Å². The summed E-state index contributed by atoms with van der Waals surface area (Å²) in [7, 11) is 0.